The van der Waals surface area contributed by atoms with Gasteiger partial charge in [0.2, 0.25) is 0 Å². The first-order valence-electron chi connectivity index (χ1n) is 8.61. The number of nitrogens with zero attached hydrogens (tertiary/aromatic N) is 4. The second-order valence-corrected chi connectivity index (χ2v) is 5.95. The Morgan fingerprint density at radius 3 is 2.48 bits per heavy atom. The fraction of sp³-hybridized carbons (Fsp3) is 0.438. The molecule has 0 spiro atoms. The van der Waals surface area contributed by atoms with Crippen LogP contribution in [0, 0.1) is 0 Å². The van der Waals surface area contributed by atoms with E-state index in [4.69, 9.17) is 0 Å². The number of nitrogens with one attached hydrogen (secondary N) is 2. The lowest BCUT2D eigenvalue weighted by Crippen LogP contribution is -2.44. The second-order valence-electron chi connectivity index (χ2n) is 5.95. The number of carbonyl (C=O) groups excluding carboxylic acids is 2. The van der Waals surface area contributed by atoms with Crippen molar-refractivity contribution < 1.29 is 37.9 Å². The molecule has 0 saturated carbocycles. The Balaban J connectivity index is 1.75. The van der Waals surface area contributed by atoms with Gasteiger partial charge in [-0.15, -0.1) is 0 Å². The van der Waals surface area contributed by atoms with E-state index in [9.17, 15) is 33.1 Å². The van der Waals surface area contributed by atoms with Crippen LogP contribution in [0.1, 0.15) is 12.8 Å². The van der Waals surface area contributed by atoms with E-state index in [1.54, 1.807) is 29.6 Å². The summed E-state index contributed by atoms with van der Waals surface area (Å²) in [5.41, 5.74) is 0.920. The summed E-state index contributed by atoms with van der Waals surface area (Å²) >= 11 is 0. The summed E-state index contributed by atoms with van der Waals surface area (Å²) in [7, 11) is 0. The lowest BCUT2D eigenvalue weighted by molar-refractivity contribution is -0.928. The lowest BCUT2D eigenvalue weighted by atomic mass is 10.3. The van der Waals surface area contributed by atoms with Gasteiger partial charge in [-0.1, -0.05) is 12.1 Å². The molecule has 0 aliphatic rings. The topological polar surface area (TPSA) is 134 Å². The van der Waals surface area contributed by atoms with E-state index in [0.29, 0.717) is 22.3 Å². The second kappa shape index (κ2) is 9.71. The number of hydrogen-bond donors (Lipinski definition) is 3. The van der Waals surface area contributed by atoms with Crippen molar-refractivity contribution in [1.82, 2.24) is 20.3 Å². The molecule has 0 saturated heterocycles. The van der Waals surface area contributed by atoms with Crippen LogP contribution >= 0.6 is 0 Å². The van der Waals surface area contributed by atoms with E-state index >= 15 is 0 Å². The zero-order valence-electron chi connectivity index (χ0n) is 15.1. The molecule has 10 nitrogen and oxygen atoms in total. The van der Waals surface area contributed by atoms with Crippen molar-refractivity contribution in [2.75, 3.05) is 31.5 Å². The molecule has 0 fully saturated rings. The Hall–Kier alpha value is -3.38. The number of rotatable bonds is 9. The van der Waals surface area contributed by atoms with Crippen LogP contribution in [0.5, 0.6) is 0 Å². The molecule has 0 atom stereocenters. The molecule has 1 heterocycles. The predicted molar refractivity (Wildman–Crippen MR) is 90.7 cm³/mol. The Bertz CT molecular complexity index is 864. The Labute approximate surface area is 162 Å². The molecule has 1 aromatic carbocycles. The number of fused-ring (bicyclic) bond motifs is 1. The normalized spacial score (nSPS) is 11.3. The summed E-state index contributed by atoms with van der Waals surface area (Å²) in [4.78, 5) is 27.6. The summed E-state index contributed by atoms with van der Waals surface area (Å²) in [5, 5.41) is 29.3. The molecule has 0 radical (unpaired) electrons. The number of amides is 2. The van der Waals surface area contributed by atoms with Crippen molar-refractivity contribution in [1.29, 1.82) is 0 Å². The molecule has 0 aliphatic carbocycles. The molecule has 13 heteroatoms. The van der Waals surface area contributed by atoms with Gasteiger partial charge < -0.3 is 25.4 Å². The zero-order chi connectivity index (χ0) is 21.4. The standard InChI is InChI=1S/C16H19F3N6O4/c17-16(18,19)13(26)20-7-3-9-24(15(27)28)10-4-8-21-14-22-11-5-1-2-6-12(11)25(29)23-14/h1-2,5-6H,3-4,7-10H2,(H3-,20,21,22,23,26,27,28,29). The third-order valence-corrected chi connectivity index (χ3v) is 3.81. The van der Waals surface area contributed by atoms with Gasteiger partial charge in [-0.2, -0.15) is 13.2 Å². The SMILES string of the molecule is O=C([O-])N(CCCNC(=O)C(F)(F)F)CCCNc1nc2ccccc2[n+](O)n1. The van der Waals surface area contributed by atoms with Gasteiger partial charge >= 0.3 is 17.6 Å². The van der Waals surface area contributed by atoms with Crippen LogP contribution in [0.2, 0.25) is 0 Å². The van der Waals surface area contributed by atoms with Crippen molar-refractivity contribution >= 4 is 29.0 Å². The number of carboxylic acid groups (broad SMARTS) is 1. The minimum atomic E-state index is -4.97. The summed E-state index contributed by atoms with van der Waals surface area (Å²) < 4.78 is 36.2. The smallest absolute Gasteiger partial charge is 0.471 e. The maximum Gasteiger partial charge on any atom is 0.471 e. The first-order chi connectivity index (χ1) is 13.7. The molecular formula is C16H19F3N6O4. The summed E-state index contributed by atoms with van der Waals surface area (Å²) in [6.45, 7) is -0.0897. The van der Waals surface area contributed by atoms with Crippen LogP contribution in [0.4, 0.5) is 23.9 Å². The first kappa shape index (κ1) is 21.9. The number of anilines is 1. The Morgan fingerprint density at radius 2 is 1.83 bits per heavy atom. The van der Waals surface area contributed by atoms with Gasteiger partial charge in [0.1, 0.15) is 16.5 Å². The highest BCUT2D eigenvalue weighted by Gasteiger charge is 2.38. The highest BCUT2D eigenvalue weighted by Crippen LogP contribution is 2.13. The average molecular weight is 416 g/mol. The van der Waals surface area contributed by atoms with Gasteiger partial charge in [0.05, 0.1) is 5.10 Å². The maximum absolute atomic E-state index is 12.1. The van der Waals surface area contributed by atoms with Crippen molar-refractivity contribution in [2.24, 2.45) is 0 Å². The number of para-hydroxylation sites is 2. The third-order valence-electron chi connectivity index (χ3n) is 3.81. The minimum Gasteiger partial charge on any atom is -0.530 e. The number of alkyl halides is 3. The number of carbonyl (C=O) groups is 2. The van der Waals surface area contributed by atoms with Crippen LogP contribution < -0.4 is 20.6 Å². The molecule has 2 rings (SSSR count). The molecule has 29 heavy (non-hydrogen) atoms. The fourth-order valence-corrected chi connectivity index (χ4v) is 2.42. The highest BCUT2D eigenvalue weighted by atomic mass is 19.4. The average Bonchev–Trinajstić information content (AvgIpc) is 2.65. The summed E-state index contributed by atoms with van der Waals surface area (Å²) in [5.74, 6) is -1.93. The fourth-order valence-electron chi connectivity index (χ4n) is 2.42. The first-order valence-corrected chi connectivity index (χ1v) is 8.61. The number of hydrogen-bond acceptors (Lipinski definition) is 7. The molecule has 2 amide bonds. The highest BCUT2D eigenvalue weighted by molar-refractivity contribution is 5.81. The predicted octanol–water partition coefficient (Wildman–Crippen LogP) is -0.329. The molecule has 1 aromatic heterocycles. The van der Waals surface area contributed by atoms with Crippen LogP contribution in [-0.4, -0.2) is 64.5 Å². The van der Waals surface area contributed by atoms with Crippen molar-refractivity contribution in [2.45, 2.75) is 19.0 Å². The van der Waals surface area contributed by atoms with Gasteiger partial charge in [-0.25, -0.2) is 4.98 Å². The number of aromatic nitrogens is 3. The zero-order valence-corrected chi connectivity index (χ0v) is 15.1. The molecular weight excluding hydrogens is 397 g/mol. The van der Waals surface area contributed by atoms with Crippen molar-refractivity contribution in [3.8, 4) is 0 Å². The largest absolute Gasteiger partial charge is 0.530 e. The van der Waals surface area contributed by atoms with Crippen molar-refractivity contribution in [3.05, 3.63) is 24.3 Å². The van der Waals surface area contributed by atoms with E-state index in [1.165, 1.54) is 0 Å². The van der Waals surface area contributed by atoms with Crippen LogP contribution in [0.25, 0.3) is 11.0 Å². The van der Waals surface area contributed by atoms with Gasteiger partial charge in [0.15, 0.2) is 0 Å². The van der Waals surface area contributed by atoms with Gasteiger partial charge in [-0.3, -0.25) is 10.0 Å². The van der Waals surface area contributed by atoms with E-state index in [1.807, 2.05) is 0 Å². The summed E-state index contributed by atoms with van der Waals surface area (Å²) in [6, 6.07) is 6.78. The van der Waals surface area contributed by atoms with E-state index < -0.39 is 18.2 Å². The van der Waals surface area contributed by atoms with E-state index in [2.05, 4.69) is 15.4 Å². The lowest BCUT2D eigenvalue weighted by Gasteiger charge is -2.25. The van der Waals surface area contributed by atoms with E-state index in [-0.39, 0.29) is 38.5 Å². The Morgan fingerprint density at radius 1 is 1.17 bits per heavy atom. The molecule has 158 valence electrons. The number of halogens is 3. The van der Waals surface area contributed by atoms with Crippen molar-refractivity contribution in [3.63, 3.8) is 0 Å². The molecule has 3 N–H and O–H groups in total. The summed E-state index contributed by atoms with van der Waals surface area (Å²) in [6.07, 6.45) is -6.12. The molecule has 2 aromatic rings. The molecule has 0 unspecified atom stereocenters. The van der Waals surface area contributed by atoms with Crippen LogP contribution in [0.3, 0.4) is 0 Å². The molecule has 0 bridgehead atoms. The third kappa shape index (κ3) is 6.62. The van der Waals surface area contributed by atoms with E-state index in [0.717, 1.165) is 4.90 Å². The Kier molecular flexibility index (Phi) is 7.33. The van der Waals surface area contributed by atoms with Gasteiger partial charge in [0.25, 0.3) is 5.95 Å². The monoisotopic (exact) mass is 416 g/mol. The minimum absolute atomic E-state index is 0.00151. The van der Waals surface area contributed by atoms with Gasteiger partial charge in [0, 0.05) is 32.2 Å². The van der Waals surface area contributed by atoms with Gasteiger partial charge in [-0.05, 0) is 18.9 Å². The quantitative estimate of drug-likeness (QED) is 0.289. The number of benzene rings is 1. The maximum atomic E-state index is 12.1. The van der Waals surface area contributed by atoms with Crippen LogP contribution in [0.15, 0.2) is 24.3 Å². The molecule has 0 aliphatic heterocycles. The van der Waals surface area contributed by atoms with Crippen LogP contribution in [-0.2, 0) is 4.79 Å².